The van der Waals surface area contributed by atoms with Gasteiger partial charge in [-0.1, -0.05) is 6.07 Å². The molecule has 2 saturated heterocycles. The molecule has 0 aromatic heterocycles. The molecule has 2 aromatic rings. The molecule has 0 bridgehead atoms. The van der Waals surface area contributed by atoms with E-state index in [1.165, 1.54) is 35.2 Å². The number of ether oxygens (including phenoxy) is 1. The first-order chi connectivity index (χ1) is 16.7. The maximum absolute atomic E-state index is 13.6. The van der Waals surface area contributed by atoms with Gasteiger partial charge in [0.2, 0.25) is 0 Å². The zero-order chi connectivity index (χ0) is 23.1. The SMILES string of the molecule is CN1CCN(C2CCCc3ccc(N4CCc5cc(N6CCOCC6)ccc5C4=O)cc32)CC1. The summed E-state index contributed by atoms with van der Waals surface area (Å²) < 4.78 is 5.50. The number of anilines is 2. The van der Waals surface area contributed by atoms with Crippen molar-refractivity contribution in [3.8, 4) is 0 Å². The van der Waals surface area contributed by atoms with Crippen LogP contribution in [0.25, 0.3) is 0 Å². The highest BCUT2D eigenvalue weighted by molar-refractivity contribution is 6.08. The summed E-state index contributed by atoms with van der Waals surface area (Å²) in [7, 11) is 2.22. The van der Waals surface area contributed by atoms with Crippen LogP contribution in [0.5, 0.6) is 0 Å². The molecule has 0 N–H and O–H groups in total. The van der Waals surface area contributed by atoms with Crippen LogP contribution in [0.1, 0.15) is 45.9 Å². The highest BCUT2D eigenvalue weighted by atomic mass is 16.5. The van der Waals surface area contributed by atoms with Crippen molar-refractivity contribution in [3.05, 3.63) is 58.7 Å². The minimum atomic E-state index is 0.140. The minimum Gasteiger partial charge on any atom is -0.378 e. The number of carbonyl (C=O) groups is 1. The lowest BCUT2D eigenvalue weighted by Gasteiger charge is -2.41. The Labute approximate surface area is 203 Å². The van der Waals surface area contributed by atoms with Gasteiger partial charge >= 0.3 is 0 Å². The molecule has 2 fully saturated rings. The first-order valence-electron chi connectivity index (χ1n) is 13.0. The van der Waals surface area contributed by atoms with Crippen molar-refractivity contribution >= 4 is 17.3 Å². The lowest BCUT2D eigenvalue weighted by Crippen LogP contribution is -2.46. The molecule has 6 rings (SSSR count). The predicted molar refractivity (Wildman–Crippen MR) is 136 cm³/mol. The second-order valence-electron chi connectivity index (χ2n) is 10.3. The number of hydrogen-bond donors (Lipinski definition) is 0. The first-order valence-corrected chi connectivity index (χ1v) is 13.0. The fourth-order valence-corrected chi connectivity index (χ4v) is 6.18. The van der Waals surface area contributed by atoms with Crippen LogP contribution >= 0.6 is 0 Å². The highest BCUT2D eigenvalue weighted by Crippen LogP contribution is 2.38. The molecule has 1 atom stereocenters. The third kappa shape index (κ3) is 4.12. The molecular formula is C28H36N4O2. The number of aryl methyl sites for hydroxylation is 1. The summed E-state index contributed by atoms with van der Waals surface area (Å²) >= 11 is 0. The molecule has 1 aliphatic carbocycles. The number of piperazine rings is 1. The monoisotopic (exact) mass is 460 g/mol. The fourth-order valence-electron chi connectivity index (χ4n) is 6.18. The van der Waals surface area contributed by atoms with Gasteiger partial charge in [-0.2, -0.15) is 0 Å². The van der Waals surface area contributed by atoms with Crippen LogP contribution in [-0.4, -0.2) is 81.8 Å². The Kier molecular flexibility index (Phi) is 6.06. The number of carbonyl (C=O) groups excluding carboxylic acids is 1. The molecule has 6 nitrogen and oxygen atoms in total. The van der Waals surface area contributed by atoms with E-state index in [0.717, 1.165) is 83.1 Å². The van der Waals surface area contributed by atoms with E-state index in [0.29, 0.717) is 6.04 Å². The van der Waals surface area contributed by atoms with E-state index in [9.17, 15) is 4.79 Å². The van der Waals surface area contributed by atoms with Gasteiger partial charge in [0.25, 0.3) is 5.91 Å². The van der Waals surface area contributed by atoms with Crippen molar-refractivity contribution in [2.24, 2.45) is 0 Å². The van der Waals surface area contributed by atoms with Gasteiger partial charge < -0.3 is 19.4 Å². The van der Waals surface area contributed by atoms with Crippen molar-refractivity contribution < 1.29 is 9.53 Å². The van der Waals surface area contributed by atoms with Gasteiger partial charge in [0.15, 0.2) is 0 Å². The van der Waals surface area contributed by atoms with E-state index in [4.69, 9.17) is 4.74 Å². The van der Waals surface area contributed by atoms with Crippen LogP contribution in [-0.2, 0) is 17.6 Å². The first kappa shape index (κ1) is 22.1. The minimum absolute atomic E-state index is 0.140. The van der Waals surface area contributed by atoms with Crippen molar-refractivity contribution in [2.45, 2.75) is 31.7 Å². The van der Waals surface area contributed by atoms with E-state index >= 15 is 0 Å². The Morgan fingerprint density at radius 1 is 0.824 bits per heavy atom. The summed E-state index contributed by atoms with van der Waals surface area (Å²) in [5, 5.41) is 0. The van der Waals surface area contributed by atoms with Gasteiger partial charge in [0, 0.05) is 68.8 Å². The summed E-state index contributed by atoms with van der Waals surface area (Å²) in [4.78, 5) is 23.0. The average molecular weight is 461 g/mol. The highest BCUT2D eigenvalue weighted by Gasteiger charge is 2.31. The summed E-state index contributed by atoms with van der Waals surface area (Å²) in [5.74, 6) is 0.140. The van der Waals surface area contributed by atoms with Gasteiger partial charge in [-0.15, -0.1) is 0 Å². The molecule has 4 aliphatic rings. The van der Waals surface area contributed by atoms with Gasteiger partial charge in [0.05, 0.1) is 13.2 Å². The molecule has 3 aliphatic heterocycles. The molecule has 1 unspecified atom stereocenters. The normalized spacial score (nSPS) is 24.1. The smallest absolute Gasteiger partial charge is 0.258 e. The molecule has 34 heavy (non-hydrogen) atoms. The van der Waals surface area contributed by atoms with Crippen LogP contribution in [0.2, 0.25) is 0 Å². The van der Waals surface area contributed by atoms with Gasteiger partial charge in [0.1, 0.15) is 0 Å². The molecule has 180 valence electrons. The number of morpholine rings is 1. The lowest BCUT2D eigenvalue weighted by molar-refractivity contribution is 0.0979. The van der Waals surface area contributed by atoms with Crippen molar-refractivity contribution in [1.29, 1.82) is 0 Å². The third-order valence-electron chi connectivity index (χ3n) is 8.25. The Balaban J connectivity index is 1.25. The molecule has 6 heteroatoms. The number of amides is 1. The molecule has 0 saturated carbocycles. The van der Waals surface area contributed by atoms with E-state index in [2.05, 4.69) is 52.1 Å². The largest absolute Gasteiger partial charge is 0.378 e. The number of nitrogens with zero attached hydrogens (tertiary/aromatic N) is 4. The van der Waals surface area contributed by atoms with Crippen LogP contribution < -0.4 is 9.80 Å². The predicted octanol–water partition coefficient (Wildman–Crippen LogP) is 3.35. The number of likely N-dealkylation sites (N-methyl/N-ethyl adjacent to an activating group) is 1. The topological polar surface area (TPSA) is 39.3 Å². The van der Waals surface area contributed by atoms with Gasteiger partial charge in [-0.05, 0) is 79.8 Å². The second kappa shape index (κ2) is 9.33. The van der Waals surface area contributed by atoms with Crippen LogP contribution in [0, 0.1) is 0 Å². The van der Waals surface area contributed by atoms with Crippen LogP contribution in [0.4, 0.5) is 11.4 Å². The Morgan fingerprint density at radius 3 is 2.44 bits per heavy atom. The zero-order valence-electron chi connectivity index (χ0n) is 20.3. The maximum atomic E-state index is 13.6. The molecule has 0 spiro atoms. The zero-order valence-corrected chi connectivity index (χ0v) is 20.3. The molecule has 3 heterocycles. The summed E-state index contributed by atoms with van der Waals surface area (Å²) in [5.41, 5.74) is 7.24. The van der Waals surface area contributed by atoms with Crippen molar-refractivity contribution in [2.75, 3.05) is 75.9 Å². The lowest BCUT2D eigenvalue weighted by atomic mass is 9.85. The second-order valence-corrected chi connectivity index (χ2v) is 10.3. The number of benzene rings is 2. The molecule has 2 aromatic carbocycles. The van der Waals surface area contributed by atoms with Crippen molar-refractivity contribution in [3.63, 3.8) is 0 Å². The third-order valence-corrected chi connectivity index (χ3v) is 8.25. The molecule has 1 amide bonds. The van der Waals surface area contributed by atoms with Crippen LogP contribution in [0.3, 0.4) is 0 Å². The quantitative estimate of drug-likeness (QED) is 0.703. The number of fused-ring (bicyclic) bond motifs is 2. The Bertz CT molecular complexity index is 1060. The van der Waals surface area contributed by atoms with Gasteiger partial charge in [-0.3, -0.25) is 9.69 Å². The van der Waals surface area contributed by atoms with E-state index in [1.807, 2.05) is 11.0 Å². The summed E-state index contributed by atoms with van der Waals surface area (Å²) in [6, 6.07) is 13.7. The van der Waals surface area contributed by atoms with Gasteiger partial charge in [-0.25, -0.2) is 0 Å². The Hall–Kier alpha value is -2.41. The maximum Gasteiger partial charge on any atom is 0.258 e. The Morgan fingerprint density at radius 2 is 1.62 bits per heavy atom. The number of hydrogen-bond acceptors (Lipinski definition) is 5. The van der Waals surface area contributed by atoms with Crippen LogP contribution in [0.15, 0.2) is 36.4 Å². The summed E-state index contributed by atoms with van der Waals surface area (Å²) in [6.07, 6.45) is 4.53. The van der Waals surface area contributed by atoms with E-state index < -0.39 is 0 Å². The standard InChI is InChI=1S/C28H36N4O2/c1-29-11-13-31(14-12-29)27-4-2-3-21-5-6-24(20-26(21)27)32-10-9-22-19-23(7-8-25(22)28(32)33)30-15-17-34-18-16-30/h5-8,19-20,27H,2-4,9-18H2,1H3. The van der Waals surface area contributed by atoms with E-state index in [1.54, 1.807) is 0 Å². The fraction of sp³-hybridized carbons (Fsp3) is 0.536. The van der Waals surface area contributed by atoms with Crippen molar-refractivity contribution in [1.82, 2.24) is 9.80 Å². The average Bonchev–Trinajstić information content (AvgIpc) is 2.89. The van der Waals surface area contributed by atoms with E-state index in [-0.39, 0.29) is 5.91 Å². The number of rotatable bonds is 3. The molecule has 0 radical (unpaired) electrons. The molecular weight excluding hydrogens is 424 g/mol. The summed E-state index contributed by atoms with van der Waals surface area (Å²) in [6.45, 7) is 8.67.